The number of aryl methyl sites for hydroxylation is 1. The molecule has 2 N–H and O–H groups in total. The van der Waals surface area contributed by atoms with E-state index in [-0.39, 0.29) is 17.8 Å². The fourth-order valence-corrected chi connectivity index (χ4v) is 5.12. The molecule has 8 nitrogen and oxygen atoms in total. The van der Waals surface area contributed by atoms with Crippen LogP contribution in [0, 0.1) is 18.3 Å². The molecule has 2 atom stereocenters. The van der Waals surface area contributed by atoms with Crippen LogP contribution in [0.5, 0.6) is 0 Å². The van der Waals surface area contributed by atoms with Crippen molar-refractivity contribution in [3.05, 3.63) is 71.3 Å². The SMILES string of the molecule is Cc1ccc2ccccc2c1CN1C(=O)C(N)C(C)N(C(=O)CS(C)(=O)=O)c2cc(C#N)ccc21. The normalized spacial score (nSPS) is 18.2. The standard InChI is InChI=1S/C26H26N4O4S/c1-16-8-10-19-6-4-5-7-20(19)21(16)14-29-22-11-9-18(13-27)12-23(22)30(17(2)25(28)26(29)32)24(31)15-35(3,33)34/h4-12,17,25H,14-15,28H2,1-3H3. The molecule has 0 radical (unpaired) electrons. The Morgan fingerprint density at radius 3 is 2.51 bits per heavy atom. The molecule has 35 heavy (non-hydrogen) atoms. The van der Waals surface area contributed by atoms with Crippen LogP contribution in [0.4, 0.5) is 11.4 Å². The second-order valence-electron chi connectivity index (χ2n) is 8.92. The molecular formula is C26H26N4O4S. The fourth-order valence-electron chi connectivity index (χ4n) is 4.53. The van der Waals surface area contributed by atoms with E-state index in [1.807, 2.05) is 49.4 Å². The number of nitrogens with two attached hydrogens (primary N) is 1. The summed E-state index contributed by atoms with van der Waals surface area (Å²) in [6, 6.07) is 16.7. The quantitative estimate of drug-likeness (QED) is 0.600. The van der Waals surface area contributed by atoms with Gasteiger partial charge >= 0.3 is 0 Å². The molecule has 9 heteroatoms. The van der Waals surface area contributed by atoms with E-state index in [0.29, 0.717) is 5.69 Å². The van der Waals surface area contributed by atoms with E-state index >= 15 is 0 Å². The van der Waals surface area contributed by atoms with Gasteiger partial charge in [-0.25, -0.2) is 8.42 Å². The van der Waals surface area contributed by atoms with Gasteiger partial charge in [-0.2, -0.15) is 5.26 Å². The summed E-state index contributed by atoms with van der Waals surface area (Å²) in [6.45, 7) is 3.77. The summed E-state index contributed by atoms with van der Waals surface area (Å²) in [5, 5.41) is 11.5. The smallest absolute Gasteiger partial charge is 0.246 e. The lowest BCUT2D eigenvalue weighted by molar-refractivity contribution is -0.120. The summed E-state index contributed by atoms with van der Waals surface area (Å²) in [5.74, 6) is -1.84. The maximum Gasteiger partial charge on any atom is 0.246 e. The maximum atomic E-state index is 13.7. The van der Waals surface area contributed by atoms with Crippen molar-refractivity contribution in [1.29, 1.82) is 5.26 Å². The molecule has 180 valence electrons. The van der Waals surface area contributed by atoms with Crippen LogP contribution < -0.4 is 15.5 Å². The lowest BCUT2D eigenvalue weighted by Crippen LogP contribution is -2.55. The summed E-state index contributed by atoms with van der Waals surface area (Å²) in [5.41, 5.74) is 9.23. The van der Waals surface area contributed by atoms with E-state index in [9.17, 15) is 23.3 Å². The average Bonchev–Trinajstić information content (AvgIpc) is 2.88. The minimum absolute atomic E-state index is 0.194. The third-order valence-corrected chi connectivity index (χ3v) is 7.15. The van der Waals surface area contributed by atoms with Crippen molar-refractivity contribution in [2.24, 2.45) is 5.73 Å². The lowest BCUT2D eigenvalue weighted by atomic mass is 9.98. The number of fused-ring (bicyclic) bond motifs is 2. The van der Waals surface area contributed by atoms with Gasteiger partial charge in [-0.3, -0.25) is 9.59 Å². The predicted molar refractivity (Wildman–Crippen MR) is 136 cm³/mol. The van der Waals surface area contributed by atoms with Crippen LogP contribution in [-0.4, -0.2) is 44.3 Å². The molecule has 0 fully saturated rings. The van der Waals surface area contributed by atoms with Crippen molar-refractivity contribution in [2.75, 3.05) is 21.8 Å². The molecule has 0 saturated carbocycles. The van der Waals surface area contributed by atoms with Crippen LogP contribution in [0.3, 0.4) is 0 Å². The van der Waals surface area contributed by atoms with Crippen molar-refractivity contribution in [3.8, 4) is 6.07 Å². The molecule has 3 aromatic rings. The number of amides is 2. The fraction of sp³-hybridized carbons (Fsp3) is 0.269. The third-order valence-electron chi connectivity index (χ3n) is 6.38. The van der Waals surface area contributed by atoms with Gasteiger partial charge in [0.05, 0.1) is 35.6 Å². The van der Waals surface area contributed by atoms with E-state index in [2.05, 4.69) is 0 Å². The molecule has 0 bridgehead atoms. The van der Waals surface area contributed by atoms with E-state index in [0.717, 1.165) is 28.2 Å². The molecule has 0 saturated heterocycles. The van der Waals surface area contributed by atoms with Gasteiger partial charge in [-0.1, -0.05) is 36.4 Å². The number of carbonyl (C=O) groups excluding carboxylic acids is 2. The molecule has 1 heterocycles. The molecule has 1 aliphatic rings. The first-order valence-corrected chi connectivity index (χ1v) is 13.2. The first-order chi connectivity index (χ1) is 16.5. The van der Waals surface area contributed by atoms with Crippen molar-refractivity contribution >= 4 is 43.8 Å². The van der Waals surface area contributed by atoms with Crippen LogP contribution in [0.2, 0.25) is 0 Å². The molecule has 0 spiro atoms. The van der Waals surface area contributed by atoms with Crippen molar-refractivity contribution in [3.63, 3.8) is 0 Å². The maximum absolute atomic E-state index is 13.7. The summed E-state index contributed by atoms with van der Waals surface area (Å²) < 4.78 is 23.8. The van der Waals surface area contributed by atoms with Gasteiger partial charge in [0.25, 0.3) is 0 Å². The van der Waals surface area contributed by atoms with Gasteiger partial charge in [-0.05, 0) is 53.9 Å². The Labute approximate surface area is 204 Å². The van der Waals surface area contributed by atoms with Gasteiger partial charge in [0.1, 0.15) is 11.8 Å². The number of hydrogen-bond donors (Lipinski definition) is 1. The van der Waals surface area contributed by atoms with E-state index in [1.54, 1.807) is 19.1 Å². The number of hydrogen-bond acceptors (Lipinski definition) is 6. The summed E-state index contributed by atoms with van der Waals surface area (Å²) >= 11 is 0. The Kier molecular flexibility index (Phi) is 6.36. The number of sulfone groups is 1. The molecule has 3 aromatic carbocycles. The molecular weight excluding hydrogens is 464 g/mol. The first kappa shape index (κ1) is 24.4. The zero-order valence-electron chi connectivity index (χ0n) is 19.7. The van der Waals surface area contributed by atoms with Crippen LogP contribution >= 0.6 is 0 Å². The first-order valence-electron chi connectivity index (χ1n) is 11.1. The Morgan fingerprint density at radius 1 is 1.11 bits per heavy atom. The number of carbonyl (C=O) groups is 2. The third kappa shape index (κ3) is 4.63. The zero-order chi connectivity index (χ0) is 25.5. The minimum atomic E-state index is -3.64. The van der Waals surface area contributed by atoms with Gasteiger partial charge in [-0.15, -0.1) is 0 Å². The Hall–Kier alpha value is -3.74. The average molecular weight is 491 g/mol. The Balaban J connectivity index is 1.92. The molecule has 0 aromatic heterocycles. The van der Waals surface area contributed by atoms with E-state index < -0.39 is 39.5 Å². The van der Waals surface area contributed by atoms with Crippen LogP contribution in [0.25, 0.3) is 10.8 Å². The van der Waals surface area contributed by atoms with Gasteiger partial charge in [0.2, 0.25) is 11.8 Å². The molecule has 0 aliphatic carbocycles. The molecule has 2 unspecified atom stereocenters. The topological polar surface area (TPSA) is 125 Å². The van der Waals surface area contributed by atoms with Crippen LogP contribution in [0.15, 0.2) is 54.6 Å². The summed E-state index contributed by atoms with van der Waals surface area (Å²) in [7, 11) is -3.64. The lowest BCUT2D eigenvalue weighted by Gasteiger charge is -2.30. The number of benzene rings is 3. The summed E-state index contributed by atoms with van der Waals surface area (Å²) in [6.07, 6.45) is 0.973. The minimum Gasteiger partial charge on any atom is -0.318 e. The van der Waals surface area contributed by atoms with E-state index in [1.165, 1.54) is 15.9 Å². The highest BCUT2D eigenvalue weighted by atomic mass is 32.2. The van der Waals surface area contributed by atoms with Crippen molar-refractivity contribution < 1.29 is 18.0 Å². The Morgan fingerprint density at radius 2 is 1.83 bits per heavy atom. The molecule has 4 rings (SSSR count). The number of nitrogens with zero attached hydrogens (tertiary/aromatic N) is 3. The van der Waals surface area contributed by atoms with Gasteiger partial charge in [0.15, 0.2) is 9.84 Å². The molecule has 1 aliphatic heterocycles. The number of nitriles is 1. The second-order valence-corrected chi connectivity index (χ2v) is 11.1. The summed E-state index contributed by atoms with van der Waals surface area (Å²) in [4.78, 5) is 29.6. The van der Waals surface area contributed by atoms with Crippen LogP contribution in [-0.2, 0) is 26.0 Å². The zero-order valence-corrected chi connectivity index (χ0v) is 20.5. The molecule has 2 amide bonds. The number of anilines is 2. The second kappa shape index (κ2) is 9.13. The largest absolute Gasteiger partial charge is 0.318 e. The van der Waals surface area contributed by atoms with Gasteiger partial charge < -0.3 is 15.5 Å². The number of rotatable bonds is 4. The monoisotopic (exact) mass is 490 g/mol. The highest BCUT2D eigenvalue weighted by Crippen LogP contribution is 2.38. The van der Waals surface area contributed by atoms with Crippen molar-refractivity contribution in [2.45, 2.75) is 32.5 Å². The highest BCUT2D eigenvalue weighted by Gasteiger charge is 2.40. The van der Waals surface area contributed by atoms with Crippen LogP contribution in [0.1, 0.15) is 23.6 Å². The highest BCUT2D eigenvalue weighted by molar-refractivity contribution is 7.91. The Bertz CT molecular complexity index is 1490. The predicted octanol–water partition coefficient (Wildman–Crippen LogP) is 2.66. The van der Waals surface area contributed by atoms with Gasteiger partial charge in [0, 0.05) is 6.26 Å². The van der Waals surface area contributed by atoms with E-state index in [4.69, 9.17) is 5.73 Å². The van der Waals surface area contributed by atoms with Crippen molar-refractivity contribution in [1.82, 2.24) is 0 Å².